The summed E-state index contributed by atoms with van der Waals surface area (Å²) >= 11 is 1.53. The molecule has 0 bridgehead atoms. The third-order valence-electron chi connectivity index (χ3n) is 4.27. The molecule has 2 aromatic rings. The Morgan fingerprint density at radius 1 is 1.25 bits per heavy atom. The third-order valence-corrected chi connectivity index (χ3v) is 5.29. The minimum Gasteiger partial charge on any atom is -0.322 e. The summed E-state index contributed by atoms with van der Waals surface area (Å²) in [5.74, 6) is -0.612. The lowest BCUT2D eigenvalue weighted by Crippen LogP contribution is -2.40. The molecule has 1 atom stereocenters. The Labute approximate surface area is 143 Å². The number of nitrogens with one attached hydrogen (secondary N) is 3. The van der Waals surface area contributed by atoms with Gasteiger partial charge in [0.2, 0.25) is 0 Å². The van der Waals surface area contributed by atoms with E-state index in [-0.39, 0.29) is 5.91 Å². The average Bonchev–Trinajstić information content (AvgIpc) is 3.00. The largest absolute Gasteiger partial charge is 0.322 e. The third kappa shape index (κ3) is 2.67. The molecule has 1 aromatic heterocycles. The van der Waals surface area contributed by atoms with Gasteiger partial charge in [-0.2, -0.15) is 0 Å². The molecule has 0 unspecified atom stereocenters. The number of hydrogen-bond donors (Lipinski definition) is 3. The number of amides is 4. The highest BCUT2D eigenvalue weighted by atomic mass is 32.1. The van der Waals surface area contributed by atoms with Crippen LogP contribution in [0.25, 0.3) is 0 Å². The molecule has 3 N–H and O–H groups in total. The molecule has 4 amide bonds. The molecule has 1 aliphatic heterocycles. The predicted octanol–water partition coefficient (Wildman–Crippen LogP) is 2.67. The van der Waals surface area contributed by atoms with Gasteiger partial charge in [0.05, 0.1) is 5.56 Å². The molecule has 3 rings (SSSR count). The van der Waals surface area contributed by atoms with Crippen LogP contribution < -0.4 is 16.0 Å². The van der Waals surface area contributed by atoms with Crippen molar-refractivity contribution in [1.29, 1.82) is 0 Å². The number of anilines is 1. The standard InChI is InChI=1S/C17H17N3O3S/c1-9-10(2)24-8-13(9)14(21)18-12-6-4-5-11(7-12)17(3)15(22)19-16(23)20-17/h4-8H,1-3H3,(H,18,21)(H2,19,20,22,23)/t17-/m0/s1. The molecule has 0 saturated carbocycles. The fourth-order valence-electron chi connectivity index (χ4n) is 2.59. The number of aryl methyl sites for hydroxylation is 1. The molecular weight excluding hydrogens is 326 g/mol. The summed E-state index contributed by atoms with van der Waals surface area (Å²) < 4.78 is 0. The second-order valence-corrected chi connectivity index (χ2v) is 6.98. The van der Waals surface area contributed by atoms with Crippen LogP contribution in [-0.4, -0.2) is 17.8 Å². The minimum atomic E-state index is -1.15. The van der Waals surface area contributed by atoms with E-state index in [1.165, 1.54) is 11.3 Å². The minimum absolute atomic E-state index is 0.195. The van der Waals surface area contributed by atoms with Gasteiger partial charge in [0, 0.05) is 15.9 Å². The maximum Gasteiger partial charge on any atom is 0.322 e. The van der Waals surface area contributed by atoms with Crippen molar-refractivity contribution in [2.24, 2.45) is 0 Å². The smallest absolute Gasteiger partial charge is 0.322 e. The Bertz CT molecular complexity index is 859. The summed E-state index contributed by atoms with van der Waals surface area (Å²) in [6.45, 7) is 5.51. The Balaban J connectivity index is 1.86. The zero-order valence-electron chi connectivity index (χ0n) is 13.5. The Hall–Kier alpha value is -2.67. The molecule has 0 radical (unpaired) electrons. The van der Waals surface area contributed by atoms with Gasteiger partial charge in [0.1, 0.15) is 5.54 Å². The topological polar surface area (TPSA) is 87.3 Å². The van der Waals surface area contributed by atoms with Crippen molar-refractivity contribution < 1.29 is 14.4 Å². The van der Waals surface area contributed by atoms with Crippen molar-refractivity contribution in [1.82, 2.24) is 10.6 Å². The van der Waals surface area contributed by atoms with Gasteiger partial charge in [-0.05, 0) is 44.0 Å². The van der Waals surface area contributed by atoms with Gasteiger partial charge >= 0.3 is 6.03 Å². The summed E-state index contributed by atoms with van der Waals surface area (Å²) in [6, 6.07) is 6.38. The van der Waals surface area contributed by atoms with Crippen molar-refractivity contribution in [2.75, 3.05) is 5.32 Å². The molecule has 1 aromatic carbocycles. The van der Waals surface area contributed by atoms with Gasteiger partial charge in [0.25, 0.3) is 11.8 Å². The Morgan fingerprint density at radius 2 is 2.00 bits per heavy atom. The summed E-state index contributed by atoms with van der Waals surface area (Å²) in [5, 5.41) is 9.51. The number of rotatable bonds is 3. The van der Waals surface area contributed by atoms with E-state index in [0.29, 0.717) is 16.8 Å². The summed E-state index contributed by atoms with van der Waals surface area (Å²) in [4.78, 5) is 37.0. The van der Waals surface area contributed by atoms with Crippen LogP contribution in [0.15, 0.2) is 29.6 Å². The lowest BCUT2D eigenvalue weighted by Gasteiger charge is -2.21. The molecule has 7 heteroatoms. The van der Waals surface area contributed by atoms with Crippen molar-refractivity contribution in [3.8, 4) is 0 Å². The van der Waals surface area contributed by atoms with Crippen LogP contribution in [0.4, 0.5) is 10.5 Å². The van der Waals surface area contributed by atoms with E-state index in [2.05, 4.69) is 16.0 Å². The number of benzene rings is 1. The summed E-state index contributed by atoms with van der Waals surface area (Å²) in [6.07, 6.45) is 0. The maximum absolute atomic E-state index is 12.4. The van der Waals surface area contributed by atoms with Crippen molar-refractivity contribution in [2.45, 2.75) is 26.3 Å². The van der Waals surface area contributed by atoms with Gasteiger partial charge in [-0.25, -0.2) is 4.79 Å². The lowest BCUT2D eigenvalue weighted by molar-refractivity contribution is -0.123. The Kier molecular flexibility index (Phi) is 3.88. The fourth-order valence-corrected chi connectivity index (χ4v) is 3.46. The highest BCUT2D eigenvalue weighted by Crippen LogP contribution is 2.27. The molecule has 0 aliphatic carbocycles. The van der Waals surface area contributed by atoms with Gasteiger partial charge < -0.3 is 10.6 Å². The van der Waals surface area contributed by atoms with E-state index >= 15 is 0 Å². The number of urea groups is 1. The van der Waals surface area contributed by atoms with Crippen LogP contribution in [0, 0.1) is 13.8 Å². The van der Waals surface area contributed by atoms with Gasteiger partial charge in [0.15, 0.2) is 0 Å². The van der Waals surface area contributed by atoms with E-state index in [0.717, 1.165) is 10.4 Å². The zero-order chi connectivity index (χ0) is 17.5. The highest BCUT2D eigenvalue weighted by molar-refractivity contribution is 7.10. The van der Waals surface area contributed by atoms with Crippen molar-refractivity contribution in [3.63, 3.8) is 0 Å². The number of thiophene rings is 1. The number of carbonyl (C=O) groups is 3. The van der Waals surface area contributed by atoms with Crippen molar-refractivity contribution >= 4 is 34.9 Å². The molecule has 6 nitrogen and oxygen atoms in total. The van der Waals surface area contributed by atoms with Crippen LogP contribution in [0.1, 0.15) is 33.3 Å². The van der Waals surface area contributed by atoms with Gasteiger partial charge in [-0.1, -0.05) is 12.1 Å². The molecule has 1 saturated heterocycles. The van der Waals surface area contributed by atoms with Gasteiger partial charge in [-0.3, -0.25) is 14.9 Å². The first-order valence-electron chi connectivity index (χ1n) is 7.41. The molecule has 1 fully saturated rings. The Morgan fingerprint density at radius 3 is 2.58 bits per heavy atom. The number of hydrogen-bond acceptors (Lipinski definition) is 4. The molecule has 24 heavy (non-hydrogen) atoms. The SMILES string of the molecule is Cc1scc(C(=O)Nc2cccc([C@]3(C)NC(=O)NC3=O)c2)c1C. The molecule has 124 valence electrons. The molecule has 1 aliphatic rings. The second kappa shape index (κ2) is 5.76. The van der Waals surface area contributed by atoms with E-state index in [1.54, 1.807) is 31.2 Å². The monoisotopic (exact) mass is 343 g/mol. The lowest BCUT2D eigenvalue weighted by atomic mass is 9.92. The van der Waals surface area contributed by atoms with E-state index in [4.69, 9.17) is 0 Å². The average molecular weight is 343 g/mol. The molecular formula is C17H17N3O3S. The van der Waals surface area contributed by atoms with E-state index < -0.39 is 17.5 Å². The first-order valence-corrected chi connectivity index (χ1v) is 8.29. The molecule has 0 spiro atoms. The maximum atomic E-state index is 12.4. The fraction of sp³-hybridized carbons (Fsp3) is 0.235. The van der Waals surface area contributed by atoms with Gasteiger partial charge in [-0.15, -0.1) is 11.3 Å². The summed E-state index contributed by atoms with van der Waals surface area (Å²) in [5.41, 5.74) is 1.62. The number of imide groups is 1. The second-order valence-electron chi connectivity index (χ2n) is 5.90. The quantitative estimate of drug-likeness (QED) is 0.749. The van der Waals surface area contributed by atoms with Crippen LogP contribution in [0.2, 0.25) is 0 Å². The summed E-state index contributed by atoms with van der Waals surface area (Å²) in [7, 11) is 0. The highest BCUT2D eigenvalue weighted by Gasteiger charge is 2.43. The van der Waals surface area contributed by atoms with Crippen LogP contribution >= 0.6 is 11.3 Å². The van der Waals surface area contributed by atoms with Crippen molar-refractivity contribution in [3.05, 3.63) is 51.2 Å². The van der Waals surface area contributed by atoms with Crippen LogP contribution in [0.3, 0.4) is 0 Å². The van der Waals surface area contributed by atoms with Crippen LogP contribution in [0.5, 0.6) is 0 Å². The first kappa shape index (κ1) is 16.2. The first-order chi connectivity index (χ1) is 11.3. The zero-order valence-corrected chi connectivity index (χ0v) is 14.3. The normalized spacial score (nSPS) is 19.8. The number of carbonyl (C=O) groups excluding carboxylic acids is 3. The predicted molar refractivity (Wildman–Crippen MR) is 92.2 cm³/mol. The molecule has 2 heterocycles. The van der Waals surface area contributed by atoms with E-state index in [9.17, 15) is 14.4 Å². The van der Waals surface area contributed by atoms with E-state index in [1.807, 2.05) is 19.2 Å². The van der Waals surface area contributed by atoms with Crippen LogP contribution in [-0.2, 0) is 10.3 Å².